The van der Waals surface area contributed by atoms with Gasteiger partial charge in [-0.25, -0.2) is 4.79 Å². The van der Waals surface area contributed by atoms with Gasteiger partial charge in [0.2, 0.25) is 11.9 Å². The van der Waals surface area contributed by atoms with Crippen LogP contribution in [0.3, 0.4) is 0 Å². The van der Waals surface area contributed by atoms with Crippen molar-refractivity contribution in [3.05, 3.63) is 59.4 Å². The van der Waals surface area contributed by atoms with E-state index in [4.69, 9.17) is 15.2 Å². The second-order valence-corrected chi connectivity index (χ2v) is 6.90. The summed E-state index contributed by atoms with van der Waals surface area (Å²) in [6, 6.07) is 13.0. The Balaban J connectivity index is 1.73. The fourth-order valence-corrected chi connectivity index (χ4v) is 3.00. The molecule has 9 heteroatoms. The lowest BCUT2D eigenvalue weighted by atomic mass is 10.2. The number of aryl methyl sites for hydroxylation is 1. The molecule has 1 heterocycles. The molecule has 150 valence electrons. The highest BCUT2D eigenvalue weighted by Gasteiger charge is 2.16. The third-order valence-electron chi connectivity index (χ3n) is 4.05. The highest BCUT2D eigenvalue weighted by Crippen LogP contribution is 2.26. The molecular weight excluding hydrogens is 390 g/mol. The van der Waals surface area contributed by atoms with Gasteiger partial charge in [-0.15, -0.1) is 11.8 Å². The molecule has 0 bridgehead atoms. The lowest BCUT2D eigenvalue weighted by Crippen LogP contribution is -2.12. The Morgan fingerprint density at radius 1 is 1.17 bits per heavy atom. The van der Waals surface area contributed by atoms with Crippen LogP contribution in [0.25, 0.3) is 0 Å². The molecular formula is C20H21N5O3S. The number of thioether (sulfide) groups is 1. The Morgan fingerprint density at radius 2 is 1.97 bits per heavy atom. The number of nitrogens with one attached hydrogen (secondary N) is 1. The fourth-order valence-electron chi connectivity index (χ4n) is 2.57. The smallest absolute Gasteiger partial charge is 0.342 e. The number of rotatable bonds is 7. The highest BCUT2D eigenvalue weighted by atomic mass is 32.2. The van der Waals surface area contributed by atoms with Crippen LogP contribution in [0.2, 0.25) is 0 Å². The van der Waals surface area contributed by atoms with E-state index in [9.17, 15) is 4.79 Å². The van der Waals surface area contributed by atoms with Gasteiger partial charge in [0, 0.05) is 10.6 Å². The Morgan fingerprint density at radius 3 is 2.69 bits per heavy atom. The van der Waals surface area contributed by atoms with Gasteiger partial charge >= 0.3 is 5.97 Å². The minimum absolute atomic E-state index is 0.0315. The number of hydrogen-bond donors (Lipinski definition) is 2. The monoisotopic (exact) mass is 411 g/mol. The number of para-hydroxylation sites is 1. The van der Waals surface area contributed by atoms with Crippen LogP contribution in [0.15, 0.2) is 47.4 Å². The van der Waals surface area contributed by atoms with Gasteiger partial charge < -0.3 is 20.5 Å². The summed E-state index contributed by atoms with van der Waals surface area (Å²) in [6.07, 6.45) is 1.94. The lowest BCUT2D eigenvalue weighted by molar-refractivity contribution is 0.0458. The zero-order valence-electron chi connectivity index (χ0n) is 16.3. The first-order valence-corrected chi connectivity index (χ1v) is 9.95. The first-order chi connectivity index (χ1) is 14.0. The van der Waals surface area contributed by atoms with E-state index in [1.165, 1.54) is 7.11 Å². The van der Waals surface area contributed by atoms with Crippen molar-refractivity contribution in [1.82, 2.24) is 15.0 Å². The van der Waals surface area contributed by atoms with E-state index < -0.39 is 5.97 Å². The average molecular weight is 411 g/mol. The molecule has 3 aromatic rings. The number of ether oxygens (including phenoxy) is 2. The number of benzene rings is 2. The Kier molecular flexibility index (Phi) is 6.50. The van der Waals surface area contributed by atoms with Crippen LogP contribution < -0.4 is 15.8 Å². The third kappa shape index (κ3) is 5.14. The lowest BCUT2D eigenvalue weighted by Gasteiger charge is -2.11. The molecule has 1 aromatic heterocycles. The van der Waals surface area contributed by atoms with Crippen LogP contribution in [0.4, 0.5) is 17.6 Å². The van der Waals surface area contributed by atoms with Gasteiger partial charge in [-0.3, -0.25) is 0 Å². The number of hydrogen-bond acceptors (Lipinski definition) is 9. The number of nitrogens with two attached hydrogens (primary N) is 1. The summed E-state index contributed by atoms with van der Waals surface area (Å²) < 4.78 is 10.6. The summed E-state index contributed by atoms with van der Waals surface area (Å²) >= 11 is 1.55. The number of nitrogen functional groups attached to an aromatic ring is 1. The third-order valence-corrected chi connectivity index (χ3v) is 4.78. The van der Waals surface area contributed by atoms with Gasteiger partial charge in [-0.1, -0.05) is 18.2 Å². The number of anilines is 3. The zero-order valence-corrected chi connectivity index (χ0v) is 17.1. The topological polar surface area (TPSA) is 112 Å². The standard InChI is InChI=1S/C20H21N5O3S/c1-12-6-4-5-7-15(12)22-20-24-17(23-19(21)25-20)11-28-18(26)14-9-8-13(29-3)10-16(14)27-2/h4-10H,11H2,1-3H3,(H3,21,22,23,24,25). The van der Waals surface area contributed by atoms with Crippen LogP contribution in [-0.2, 0) is 11.3 Å². The second-order valence-electron chi connectivity index (χ2n) is 6.02. The van der Waals surface area contributed by atoms with E-state index in [0.717, 1.165) is 16.1 Å². The molecule has 0 aliphatic carbocycles. The minimum Gasteiger partial charge on any atom is -0.496 e. The van der Waals surface area contributed by atoms with Crippen LogP contribution in [0, 0.1) is 6.92 Å². The van der Waals surface area contributed by atoms with Crippen molar-refractivity contribution >= 4 is 35.3 Å². The first kappa shape index (κ1) is 20.4. The predicted molar refractivity (Wildman–Crippen MR) is 113 cm³/mol. The van der Waals surface area contributed by atoms with Crippen LogP contribution in [-0.4, -0.2) is 34.3 Å². The van der Waals surface area contributed by atoms with Crippen LogP contribution in [0.5, 0.6) is 5.75 Å². The molecule has 0 fully saturated rings. The molecule has 0 unspecified atom stereocenters. The van der Waals surface area contributed by atoms with Crippen molar-refractivity contribution in [3.8, 4) is 5.75 Å². The van der Waals surface area contributed by atoms with E-state index in [1.807, 2.05) is 43.5 Å². The number of methoxy groups -OCH3 is 1. The quantitative estimate of drug-likeness (QED) is 0.445. The maximum atomic E-state index is 12.5. The molecule has 0 amide bonds. The summed E-state index contributed by atoms with van der Waals surface area (Å²) in [4.78, 5) is 25.9. The van der Waals surface area contributed by atoms with Crippen LogP contribution in [0.1, 0.15) is 21.7 Å². The van der Waals surface area contributed by atoms with E-state index in [0.29, 0.717) is 11.3 Å². The second kappa shape index (κ2) is 9.24. The number of carbonyl (C=O) groups excluding carboxylic acids is 1. The molecule has 0 spiro atoms. The molecule has 0 radical (unpaired) electrons. The Hall–Kier alpha value is -3.33. The van der Waals surface area contributed by atoms with Gasteiger partial charge in [-0.05, 0) is 43.0 Å². The van der Waals surface area contributed by atoms with Gasteiger partial charge in [0.1, 0.15) is 11.3 Å². The fraction of sp³-hybridized carbons (Fsp3) is 0.200. The van der Waals surface area contributed by atoms with Gasteiger partial charge in [-0.2, -0.15) is 15.0 Å². The highest BCUT2D eigenvalue weighted by molar-refractivity contribution is 7.98. The number of aromatic nitrogens is 3. The number of carbonyl (C=O) groups is 1. The summed E-state index contributed by atoms with van der Waals surface area (Å²) in [5.41, 5.74) is 7.98. The molecule has 0 saturated heterocycles. The SMILES string of the molecule is COc1cc(SC)ccc1C(=O)OCc1nc(N)nc(Nc2ccccc2C)n1. The van der Waals surface area contributed by atoms with E-state index in [-0.39, 0.29) is 24.3 Å². The normalized spacial score (nSPS) is 10.4. The van der Waals surface area contributed by atoms with E-state index in [2.05, 4.69) is 20.3 Å². The van der Waals surface area contributed by atoms with Crippen molar-refractivity contribution in [2.75, 3.05) is 24.4 Å². The largest absolute Gasteiger partial charge is 0.496 e. The van der Waals surface area contributed by atoms with Gasteiger partial charge in [0.05, 0.1) is 7.11 Å². The Labute approximate surface area is 172 Å². The molecule has 8 nitrogen and oxygen atoms in total. The molecule has 0 atom stereocenters. The summed E-state index contributed by atoms with van der Waals surface area (Å²) in [7, 11) is 1.51. The predicted octanol–water partition coefficient (Wildman–Crippen LogP) is 3.59. The van der Waals surface area contributed by atoms with Crippen LogP contribution >= 0.6 is 11.8 Å². The van der Waals surface area contributed by atoms with E-state index in [1.54, 1.807) is 23.9 Å². The van der Waals surface area contributed by atoms with Crippen molar-refractivity contribution in [2.45, 2.75) is 18.4 Å². The maximum absolute atomic E-state index is 12.5. The summed E-state index contributed by atoms with van der Waals surface area (Å²) in [6.45, 7) is 1.81. The van der Waals surface area contributed by atoms with Gasteiger partial charge in [0.25, 0.3) is 0 Å². The van der Waals surface area contributed by atoms with Crippen molar-refractivity contribution in [2.24, 2.45) is 0 Å². The van der Waals surface area contributed by atoms with E-state index >= 15 is 0 Å². The average Bonchev–Trinajstić information content (AvgIpc) is 2.72. The molecule has 0 saturated carbocycles. The molecule has 29 heavy (non-hydrogen) atoms. The van der Waals surface area contributed by atoms with Crippen molar-refractivity contribution in [1.29, 1.82) is 0 Å². The van der Waals surface area contributed by atoms with Gasteiger partial charge in [0.15, 0.2) is 12.4 Å². The summed E-state index contributed by atoms with van der Waals surface area (Å²) in [5.74, 6) is 0.450. The molecule has 3 rings (SSSR count). The minimum atomic E-state index is -0.540. The number of nitrogens with zero attached hydrogens (tertiary/aromatic N) is 3. The zero-order chi connectivity index (χ0) is 20.8. The van der Waals surface area contributed by atoms with Crippen molar-refractivity contribution < 1.29 is 14.3 Å². The molecule has 0 aliphatic rings. The van der Waals surface area contributed by atoms with Crippen molar-refractivity contribution in [3.63, 3.8) is 0 Å². The summed E-state index contributed by atoms with van der Waals surface area (Å²) in [5, 5.41) is 3.10. The molecule has 2 aromatic carbocycles. The Bertz CT molecular complexity index is 1030. The number of esters is 1. The first-order valence-electron chi connectivity index (χ1n) is 8.72. The molecule has 0 aliphatic heterocycles. The molecule has 3 N–H and O–H groups in total. The maximum Gasteiger partial charge on any atom is 0.342 e.